The molecule has 4 heteroatoms. The first-order valence-corrected chi connectivity index (χ1v) is 5.11. The molecule has 2 unspecified atom stereocenters. The average Bonchev–Trinajstić information content (AvgIpc) is 2.30. The van der Waals surface area contributed by atoms with Gasteiger partial charge < -0.3 is 15.6 Å². The summed E-state index contributed by atoms with van der Waals surface area (Å²) < 4.78 is 4.94. The van der Waals surface area contributed by atoms with E-state index in [1.807, 2.05) is 13.0 Å². The normalized spacial score (nSPS) is 14.7. The maximum atomic E-state index is 9.98. The van der Waals surface area contributed by atoms with Gasteiger partial charge in [0, 0.05) is 18.2 Å². The summed E-state index contributed by atoms with van der Waals surface area (Å²) >= 11 is 0. The van der Waals surface area contributed by atoms with E-state index < -0.39 is 6.10 Å². The summed E-state index contributed by atoms with van der Waals surface area (Å²) in [5.74, 6) is 0.631. The van der Waals surface area contributed by atoms with Crippen LogP contribution in [0.1, 0.15) is 25.0 Å². The summed E-state index contributed by atoms with van der Waals surface area (Å²) in [6.07, 6.45) is 1.93. The van der Waals surface area contributed by atoms with Crippen molar-refractivity contribution in [2.24, 2.45) is 11.7 Å². The summed E-state index contributed by atoms with van der Waals surface area (Å²) in [5.41, 5.74) is 6.36. The highest BCUT2D eigenvalue weighted by Crippen LogP contribution is 2.23. The molecule has 84 valence electrons. The quantitative estimate of drug-likeness (QED) is 0.764. The first kappa shape index (κ1) is 11.9. The fraction of sp³-hybridized carbons (Fsp3) is 0.545. The molecular weight excluding hydrogens is 192 g/mol. The summed E-state index contributed by atoms with van der Waals surface area (Å²) in [4.78, 5) is 4.05. The number of hydrogen-bond acceptors (Lipinski definition) is 4. The second-order valence-corrected chi connectivity index (χ2v) is 3.48. The topological polar surface area (TPSA) is 68.4 Å². The molecule has 0 fully saturated rings. The zero-order chi connectivity index (χ0) is 11.3. The first-order valence-electron chi connectivity index (χ1n) is 5.11. The third-order valence-electron chi connectivity index (χ3n) is 2.58. The number of nitrogens with zero attached hydrogens (tertiary/aromatic N) is 1. The second-order valence-electron chi connectivity index (χ2n) is 3.48. The van der Waals surface area contributed by atoms with Crippen molar-refractivity contribution in [3.8, 4) is 5.88 Å². The Morgan fingerprint density at radius 1 is 1.53 bits per heavy atom. The van der Waals surface area contributed by atoms with Crippen LogP contribution in [0.2, 0.25) is 0 Å². The average molecular weight is 210 g/mol. The van der Waals surface area contributed by atoms with E-state index in [0.717, 1.165) is 12.0 Å². The number of aromatic nitrogens is 1. The lowest BCUT2D eigenvalue weighted by atomic mass is 9.95. The van der Waals surface area contributed by atoms with Gasteiger partial charge >= 0.3 is 0 Å². The third-order valence-corrected chi connectivity index (χ3v) is 2.58. The van der Waals surface area contributed by atoms with Crippen molar-refractivity contribution in [3.63, 3.8) is 0 Å². The molecule has 0 radical (unpaired) electrons. The molecule has 1 rings (SSSR count). The van der Waals surface area contributed by atoms with E-state index in [-0.39, 0.29) is 5.92 Å². The van der Waals surface area contributed by atoms with E-state index in [4.69, 9.17) is 10.5 Å². The SMILES string of the molecule is CCC(CN)C(O)c1ccc(OC)nc1. The Balaban J connectivity index is 2.76. The van der Waals surface area contributed by atoms with Crippen LogP contribution in [0.5, 0.6) is 5.88 Å². The fourth-order valence-corrected chi connectivity index (χ4v) is 1.48. The minimum Gasteiger partial charge on any atom is -0.481 e. The molecule has 0 saturated carbocycles. The van der Waals surface area contributed by atoms with E-state index in [9.17, 15) is 5.11 Å². The Bertz CT molecular complexity index is 283. The van der Waals surface area contributed by atoms with Crippen LogP contribution in [0.4, 0.5) is 0 Å². The number of methoxy groups -OCH3 is 1. The standard InChI is InChI=1S/C11H18N2O2/c1-3-8(6-12)11(14)9-4-5-10(15-2)13-7-9/h4-5,7-8,11,14H,3,6,12H2,1-2H3. The second kappa shape index (κ2) is 5.68. The highest BCUT2D eigenvalue weighted by atomic mass is 16.5. The maximum absolute atomic E-state index is 9.98. The maximum Gasteiger partial charge on any atom is 0.212 e. The number of aliphatic hydroxyl groups is 1. The molecular formula is C11H18N2O2. The molecule has 0 aliphatic rings. The molecule has 0 saturated heterocycles. The van der Waals surface area contributed by atoms with Crippen molar-refractivity contribution < 1.29 is 9.84 Å². The molecule has 1 heterocycles. The van der Waals surface area contributed by atoms with Gasteiger partial charge in [0.05, 0.1) is 13.2 Å². The summed E-state index contributed by atoms with van der Waals surface area (Å²) in [6, 6.07) is 3.55. The van der Waals surface area contributed by atoms with Gasteiger partial charge in [-0.05, 0) is 24.6 Å². The number of ether oxygens (including phenoxy) is 1. The van der Waals surface area contributed by atoms with Crippen molar-refractivity contribution in [3.05, 3.63) is 23.9 Å². The van der Waals surface area contributed by atoms with Gasteiger partial charge in [0.15, 0.2) is 0 Å². The van der Waals surface area contributed by atoms with Crippen molar-refractivity contribution in [2.45, 2.75) is 19.4 Å². The molecule has 1 aromatic heterocycles. The zero-order valence-corrected chi connectivity index (χ0v) is 9.18. The highest BCUT2D eigenvalue weighted by Gasteiger charge is 2.17. The predicted octanol–water partition coefficient (Wildman–Crippen LogP) is 1.11. The van der Waals surface area contributed by atoms with E-state index in [1.165, 1.54) is 0 Å². The molecule has 2 atom stereocenters. The molecule has 0 amide bonds. The van der Waals surface area contributed by atoms with Crippen LogP contribution in [0, 0.1) is 5.92 Å². The van der Waals surface area contributed by atoms with Crippen LogP contribution in [0.15, 0.2) is 18.3 Å². The minimum absolute atomic E-state index is 0.0835. The molecule has 0 aliphatic carbocycles. The lowest BCUT2D eigenvalue weighted by Crippen LogP contribution is -2.21. The Labute approximate surface area is 90.1 Å². The largest absolute Gasteiger partial charge is 0.481 e. The van der Waals surface area contributed by atoms with Crippen molar-refractivity contribution >= 4 is 0 Å². The van der Waals surface area contributed by atoms with Crippen LogP contribution >= 0.6 is 0 Å². The molecule has 1 aromatic rings. The van der Waals surface area contributed by atoms with Crippen LogP contribution in [-0.2, 0) is 0 Å². The summed E-state index contributed by atoms with van der Waals surface area (Å²) in [7, 11) is 1.56. The Kier molecular flexibility index (Phi) is 4.52. The number of aliphatic hydroxyl groups excluding tert-OH is 1. The van der Waals surface area contributed by atoms with Crippen LogP contribution in [0.25, 0.3) is 0 Å². The van der Waals surface area contributed by atoms with Gasteiger partial charge in [0.1, 0.15) is 0 Å². The lowest BCUT2D eigenvalue weighted by molar-refractivity contribution is 0.109. The van der Waals surface area contributed by atoms with Gasteiger partial charge in [-0.2, -0.15) is 0 Å². The van der Waals surface area contributed by atoms with E-state index >= 15 is 0 Å². The molecule has 0 bridgehead atoms. The van der Waals surface area contributed by atoms with E-state index in [1.54, 1.807) is 19.4 Å². The molecule has 15 heavy (non-hydrogen) atoms. The van der Waals surface area contributed by atoms with Crippen molar-refractivity contribution in [2.75, 3.05) is 13.7 Å². The van der Waals surface area contributed by atoms with Gasteiger partial charge in [-0.25, -0.2) is 4.98 Å². The zero-order valence-electron chi connectivity index (χ0n) is 9.18. The van der Waals surface area contributed by atoms with Gasteiger partial charge in [-0.3, -0.25) is 0 Å². The van der Waals surface area contributed by atoms with Gasteiger partial charge in [-0.1, -0.05) is 6.92 Å². The van der Waals surface area contributed by atoms with Crippen LogP contribution in [0.3, 0.4) is 0 Å². The molecule has 0 spiro atoms. The third kappa shape index (κ3) is 2.91. The number of hydrogen-bond donors (Lipinski definition) is 2. The van der Waals surface area contributed by atoms with E-state index in [2.05, 4.69) is 4.98 Å². The molecule has 0 aromatic carbocycles. The van der Waals surface area contributed by atoms with E-state index in [0.29, 0.717) is 12.4 Å². The van der Waals surface area contributed by atoms with Crippen LogP contribution in [-0.4, -0.2) is 23.7 Å². The Hall–Kier alpha value is -1.13. The predicted molar refractivity (Wildman–Crippen MR) is 58.6 cm³/mol. The summed E-state index contributed by atoms with van der Waals surface area (Å²) in [5, 5.41) is 9.98. The van der Waals surface area contributed by atoms with Gasteiger partial charge in [0.2, 0.25) is 5.88 Å². The van der Waals surface area contributed by atoms with Gasteiger partial charge in [0.25, 0.3) is 0 Å². The smallest absolute Gasteiger partial charge is 0.212 e. The van der Waals surface area contributed by atoms with Gasteiger partial charge in [-0.15, -0.1) is 0 Å². The Morgan fingerprint density at radius 2 is 2.27 bits per heavy atom. The fourth-order valence-electron chi connectivity index (χ4n) is 1.48. The molecule has 4 nitrogen and oxygen atoms in total. The van der Waals surface area contributed by atoms with Crippen molar-refractivity contribution in [1.29, 1.82) is 0 Å². The number of nitrogens with two attached hydrogens (primary N) is 1. The Morgan fingerprint density at radius 3 is 2.67 bits per heavy atom. The lowest BCUT2D eigenvalue weighted by Gasteiger charge is -2.19. The first-order chi connectivity index (χ1) is 7.22. The highest BCUT2D eigenvalue weighted by molar-refractivity contribution is 5.20. The number of pyridine rings is 1. The molecule has 0 aliphatic heterocycles. The van der Waals surface area contributed by atoms with Crippen molar-refractivity contribution in [1.82, 2.24) is 4.98 Å². The summed E-state index contributed by atoms with van der Waals surface area (Å²) in [6.45, 7) is 2.49. The van der Waals surface area contributed by atoms with Crippen LogP contribution < -0.4 is 10.5 Å². The number of rotatable bonds is 5. The monoisotopic (exact) mass is 210 g/mol. The molecule has 3 N–H and O–H groups in total. The minimum atomic E-state index is -0.543.